The van der Waals surface area contributed by atoms with Gasteiger partial charge in [0.15, 0.2) is 11.4 Å². The van der Waals surface area contributed by atoms with Crippen molar-refractivity contribution in [3.8, 4) is 5.75 Å². The predicted octanol–water partition coefficient (Wildman–Crippen LogP) is 3.63. The van der Waals surface area contributed by atoms with E-state index in [9.17, 15) is 27.6 Å². The average Bonchev–Trinajstić information content (AvgIpc) is 3.37. The molecule has 1 aromatic carbocycles. The van der Waals surface area contributed by atoms with E-state index in [2.05, 4.69) is 12.2 Å². The minimum Gasteiger partial charge on any atom is -0.487 e. The molecule has 3 aliphatic rings. The number of hydrogen-bond donors (Lipinski definition) is 1. The van der Waals surface area contributed by atoms with Gasteiger partial charge in [0.25, 0.3) is 11.8 Å². The normalized spacial score (nSPS) is 24.0. The minimum atomic E-state index is -1.14. The molecule has 3 heterocycles. The van der Waals surface area contributed by atoms with E-state index in [1.807, 2.05) is 11.8 Å². The van der Waals surface area contributed by atoms with Gasteiger partial charge in [-0.1, -0.05) is 20.3 Å². The molecule has 2 aliphatic heterocycles. The van der Waals surface area contributed by atoms with Crippen LogP contribution in [0, 0.1) is 29.3 Å². The third-order valence-electron chi connectivity index (χ3n) is 7.71. The second kappa shape index (κ2) is 9.29. The standard InChI is InChI=1S/C26H28F3N3O4/c1-3-4-5-36-24-22-26(35)32-20-7-14(6-13(20)2)21(32)12-31(22)11-17(23(24)33)25(34)30-10-16-18(28)8-15(27)9-19(16)29/h8-9,11,13-14,20-21H,3-7,10,12H2,1-2H3,(H,30,34)/t13-,14+,20+,21+/m0/s1. The SMILES string of the molecule is CCCCOc1c2n(cc(C(=O)NCc3c(F)cc(F)cc3F)c1=O)C[C@@H]1[C@H]3C[C@H]([C@@H](C)C3)N1C2=O. The second-order valence-corrected chi connectivity index (χ2v) is 9.99. The molecule has 2 aromatic rings. The van der Waals surface area contributed by atoms with E-state index in [0.717, 1.165) is 19.3 Å². The monoisotopic (exact) mass is 503 g/mol. The predicted molar refractivity (Wildman–Crippen MR) is 124 cm³/mol. The summed E-state index contributed by atoms with van der Waals surface area (Å²) in [6, 6.07) is 1.15. The van der Waals surface area contributed by atoms with E-state index in [4.69, 9.17) is 4.74 Å². The molecule has 7 nitrogen and oxygen atoms in total. The summed E-state index contributed by atoms with van der Waals surface area (Å²) in [5.41, 5.74) is -1.42. The van der Waals surface area contributed by atoms with Crippen molar-refractivity contribution in [1.82, 2.24) is 14.8 Å². The third kappa shape index (κ3) is 3.96. The van der Waals surface area contributed by atoms with Gasteiger partial charge in [-0.05, 0) is 31.1 Å². The molecular formula is C26H28F3N3O4. The summed E-state index contributed by atoms with van der Waals surface area (Å²) >= 11 is 0. The maximum absolute atomic E-state index is 14.0. The van der Waals surface area contributed by atoms with Gasteiger partial charge in [0, 0.05) is 43.0 Å². The number of nitrogens with zero attached hydrogens (tertiary/aromatic N) is 2. The number of hydrogen-bond acceptors (Lipinski definition) is 4. The van der Waals surface area contributed by atoms with Gasteiger partial charge in [0.1, 0.15) is 23.0 Å². The maximum atomic E-state index is 14.0. The van der Waals surface area contributed by atoms with Crippen LogP contribution in [0.4, 0.5) is 13.2 Å². The zero-order chi connectivity index (χ0) is 25.7. The van der Waals surface area contributed by atoms with Crippen LogP contribution in [0.3, 0.4) is 0 Å². The van der Waals surface area contributed by atoms with E-state index in [0.29, 0.717) is 36.9 Å². The molecule has 36 heavy (non-hydrogen) atoms. The average molecular weight is 504 g/mol. The number of benzene rings is 1. The fourth-order valence-electron chi connectivity index (χ4n) is 5.93. The lowest BCUT2D eigenvalue weighted by Gasteiger charge is -2.43. The van der Waals surface area contributed by atoms with Crippen molar-refractivity contribution in [3.63, 3.8) is 0 Å². The van der Waals surface area contributed by atoms with Crippen molar-refractivity contribution < 1.29 is 27.5 Å². The maximum Gasteiger partial charge on any atom is 0.275 e. The first-order chi connectivity index (χ1) is 17.2. The van der Waals surface area contributed by atoms with E-state index in [-0.39, 0.29) is 41.6 Å². The molecule has 0 radical (unpaired) electrons. The van der Waals surface area contributed by atoms with Gasteiger partial charge < -0.3 is 19.5 Å². The number of carbonyl (C=O) groups is 2. The number of carbonyl (C=O) groups excluding carboxylic acids is 2. The van der Waals surface area contributed by atoms with Gasteiger partial charge in [-0.25, -0.2) is 13.2 Å². The van der Waals surface area contributed by atoms with Crippen LogP contribution in [0.25, 0.3) is 0 Å². The molecule has 10 heteroatoms. The molecule has 1 saturated heterocycles. The van der Waals surface area contributed by atoms with Gasteiger partial charge in [-0.2, -0.15) is 0 Å². The summed E-state index contributed by atoms with van der Waals surface area (Å²) in [6.45, 7) is 4.15. The highest BCUT2D eigenvalue weighted by Gasteiger charge is 2.54. The molecule has 192 valence electrons. The van der Waals surface area contributed by atoms with E-state index < -0.39 is 40.9 Å². The number of amides is 2. The molecule has 1 aromatic heterocycles. The number of unbranched alkanes of at least 4 members (excludes halogenated alkanes) is 1. The first-order valence-corrected chi connectivity index (χ1v) is 12.4. The molecule has 1 saturated carbocycles. The Morgan fingerprint density at radius 1 is 1.14 bits per heavy atom. The molecule has 0 spiro atoms. The fraction of sp³-hybridized carbons (Fsp3) is 0.500. The Bertz CT molecular complexity index is 1270. The van der Waals surface area contributed by atoms with Gasteiger partial charge in [0.2, 0.25) is 5.43 Å². The van der Waals surface area contributed by atoms with E-state index >= 15 is 0 Å². The van der Waals surface area contributed by atoms with Crippen molar-refractivity contribution in [3.05, 3.63) is 62.8 Å². The van der Waals surface area contributed by atoms with Crippen molar-refractivity contribution in [1.29, 1.82) is 0 Å². The first kappa shape index (κ1) is 24.4. The summed E-state index contributed by atoms with van der Waals surface area (Å²) in [5, 5.41) is 2.34. The number of pyridine rings is 1. The minimum absolute atomic E-state index is 0.0180. The topological polar surface area (TPSA) is 80.6 Å². The molecule has 2 amide bonds. The number of ether oxygens (including phenoxy) is 1. The van der Waals surface area contributed by atoms with Crippen LogP contribution >= 0.6 is 0 Å². The van der Waals surface area contributed by atoms with Gasteiger partial charge in [-0.15, -0.1) is 0 Å². The molecule has 2 bridgehead atoms. The molecule has 4 atom stereocenters. The third-order valence-corrected chi connectivity index (χ3v) is 7.71. The lowest BCUT2D eigenvalue weighted by atomic mass is 9.91. The largest absolute Gasteiger partial charge is 0.487 e. The quantitative estimate of drug-likeness (QED) is 0.586. The molecule has 1 N–H and O–H groups in total. The smallest absolute Gasteiger partial charge is 0.275 e. The number of rotatable bonds is 7. The van der Waals surface area contributed by atoms with Crippen molar-refractivity contribution in [2.24, 2.45) is 11.8 Å². The van der Waals surface area contributed by atoms with Gasteiger partial charge >= 0.3 is 0 Å². The van der Waals surface area contributed by atoms with Crippen LogP contribution in [-0.4, -0.2) is 40.0 Å². The summed E-state index contributed by atoms with van der Waals surface area (Å²) in [4.78, 5) is 41.8. The summed E-state index contributed by atoms with van der Waals surface area (Å²) in [7, 11) is 0. The Hall–Kier alpha value is -3.30. The van der Waals surface area contributed by atoms with Crippen LogP contribution in [0.2, 0.25) is 0 Å². The van der Waals surface area contributed by atoms with E-state index in [1.54, 1.807) is 4.57 Å². The van der Waals surface area contributed by atoms with Gasteiger partial charge in [-0.3, -0.25) is 14.4 Å². The van der Waals surface area contributed by atoms with Crippen molar-refractivity contribution in [2.45, 2.75) is 64.7 Å². The number of aromatic nitrogens is 1. The zero-order valence-electron chi connectivity index (χ0n) is 20.2. The molecule has 1 aliphatic carbocycles. The first-order valence-electron chi connectivity index (χ1n) is 12.4. The lowest BCUT2D eigenvalue weighted by molar-refractivity contribution is 0.0394. The summed E-state index contributed by atoms with van der Waals surface area (Å²) < 4.78 is 48.6. The fourth-order valence-corrected chi connectivity index (χ4v) is 5.93. The zero-order valence-corrected chi connectivity index (χ0v) is 20.2. The van der Waals surface area contributed by atoms with Gasteiger partial charge in [0.05, 0.1) is 12.6 Å². The van der Waals surface area contributed by atoms with Crippen LogP contribution in [0.5, 0.6) is 5.75 Å². The Balaban J connectivity index is 1.49. The molecule has 5 rings (SSSR count). The number of piperidine rings is 1. The second-order valence-electron chi connectivity index (χ2n) is 9.99. The van der Waals surface area contributed by atoms with Crippen LogP contribution < -0.4 is 15.5 Å². The molecule has 0 unspecified atom stereocenters. The number of fused-ring (bicyclic) bond motifs is 6. The number of halogens is 3. The van der Waals surface area contributed by atoms with Crippen LogP contribution in [-0.2, 0) is 13.1 Å². The Kier molecular flexibility index (Phi) is 6.30. The Labute approximate surface area is 206 Å². The molecule has 2 fully saturated rings. The van der Waals surface area contributed by atoms with Crippen LogP contribution in [0.1, 0.15) is 65.9 Å². The highest BCUT2D eigenvalue weighted by Crippen LogP contribution is 2.48. The summed E-state index contributed by atoms with van der Waals surface area (Å²) in [5.74, 6) is -3.93. The van der Waals surface area contributed by atoms with Crippen molar-refractivity contribution in [2.75, 3.05) is 6.61 Å². The van der Waals surface area contributed by atoms with Crippen molar-refractivity contribution >= 4 is 11.8 Å². The Morgan fingerprint density at radius 3 is 2.56 bits per heavy atom. The molecular weight excluding hydrogens is 475 g/mol. The highest BCUT2D eigenvalue weighted by atomic mass is 19.1. The van der Waals surface area contributed by atoms with Crippen LogP contribution in [0.15, 0.2) is 23.1 Å². The Morgan fingerprint density at radius 2 is 1.86 bits per heavy atom. The van der Waals surface area contributed by atoms with E-state index in [1.165, 1.54) is 6.20 Å². The number of nitrogens with one attached hydrogen (secondary N) is 1. The highest BCUT2D eigenvalue weighted by molar-refractivity contribution is 5.99. The lowest BCUT2D eigenvalue weighted by Crippen LogP contribution is -2.54. The summed E-state index contributed by atoms with van der Waals surface area (Å²) in [6.07, 6.45) is 4.74.